The largest absolute Gasteiger partial charge is 0.364 e. The van der Waals surface area contributed by atoms with Crippen LogP contribution < -0.4 is 5.32 Å². The summed E-state index contributed by atoms with van der Waals surface area (Å²) in [5.41, 5.74) is -0.243. The Morgan fingerprint density at radius 3 is 2.73 bits per heavy atom. The number of carbonyl (C=O) groups is 1. The van der Waals surface area contributed by atoms with Gasteiger partial charge in [0.25, 0.3) is 0 Å². The van der Waals surface area contributed by atoms with Gasteiger partial charge in [-0.1, -0.05) is 0 Å². The number of likely N-dealkylation sites (N-methyl/N-ethyl adjacent to an activating group) is 1. The molecule has 4 nitrogen and oxygen atoms in total. The van der Waals surface area contributed by atoms with Crippen molar-refractivity contribution in [2.75, 3.05) is 27.4 Å². The fourth-order valence-electron chi connectivity index (χ4n) is 2.98. The molecular formula is C11H20N2O2. The lowest BCUT2D eigenvalue weighted by atomic mass is 9.70. The maximum Gasteiger partial charge on any atom is 0.242 e. The van der Waals surface area contributed by atoms with Crippen LogP contribution in [0.5, 0.6) is 0 Å². The number of nitrogens with one attached hydrogen (secondary N) is 1. The first-order chi connectivity index (χ1) is 7.19. The van der Waals surface area contributed by atoms with Gasteiger partial charge in [-0.2, -0.15) is 0 Å². The maximum atomic E-state index is 12.1. The lowest BCUT2D eigenvalue weighted by Gasteiger charge is -2.51. The molecule has 3 aliphatic rings. The summed E-state index contributed by atoms with van der Waals surface area (Å²) in [4.78, 5) is 14.3. The lowest BCUT2D eigenvalue weighted by molar-refractivity contribution is -0.142. The standard InChI is InChI=1S/C11H20N2O2/c1-13-7-9-3-5-11(13,6-4-9)10(14)12-8-15-2/h9H,3-8H2,1-2H3,(H,12,14). The zero-order valence-corrected chi connectivity index (χ0v) is 9.58. The van der Waals surface area contributed by atoms with E-state index in [4.69, 9.17) is 4.74 Å². The van der Waals surface area contributed by atoms with Gasteiger partial charge in [-0.15, -0.1) is 0 Å². The van der Waals surface area contributed by atoms with Crippen LogP contribution in [0.15, 0.2) is 0 Å². The van der Waals surface area contributed by atoms with Crippen LogP contribution in [0, 0.1) is 5.92 Å². The van der Waals surface area contributed by atoms with Gasteiger partial charge in [0.2, 0.25) is 5.91 Å². The van der Waals surface area contributed by atoms with Crippen molar-refractivity contribution in [3.8, 4) is 0 Å². The molecule has 2 saturated heterocycles. The minimum Gasteiger partial charge on any atom is -0.364 e. The third kappa shape index (κ3) is 1.76. The predicted octanol–water partition coefficient (Wildman–Crippen LogP) is 0.581. The van der Waals surface area contributed by atoms with E-state index in [2.05, 4.69) is 17.3 Å². The molecule has 2 heterocycles. The predicted molar refractivity (Wildman–Crippen MR) is 57.3 cm³/mol. The fraction of sp³-hybridized carbons (Fsp3) is 0.909. The quantitative estimate of drug-likeness (QED) is 0.696. The summed E-state index contributed by atoms with van der Waals surface area (Å²) >= 11 is 0. The summed E-state index contributed by atoms with van der Waals surface area (Å²) in [6.07, 6.45) is 4.41. The van der Waals surface area contributed by atoms with Crippen LogP contribution in [0.1, 0.15) is 25.7 Å². The lowest BCUT2D eigenvalue weighted by Crippen LogP contribution is -2.64. The van der Waals surface area contributed by atoms with Gasteiger partial charge in [0.1, 0.15) is 12.3 Å². The number of carbonyl (C=O) groups excluding carboxylic acids is 1. The highest BCUT2D eigenvalue weighted by molar-refractivity contribution is 5.86. The second-order valence-corrected chi connectivity index (χ2v) is 4.79. The van der Waals surface area contributed by atoms with E-state index in [-0.39, 0.29) is 11.4 Å². The van der Waals surface area contributed by atoms with Crippen LogP contribution in [0.25, 0.3) is 0 Å². The Bertz CT molecular complexity index is 247. The summed E-state index contributed by atoms with van der Waals surface area (Å²) in [5.74, 6) is 0.956. The van der Waals surface area contributed by atoms with Crippen LogP contribution >= 0.6 is 0 Å². The molecule has 2 bridgehead atoms. The second-order valence-electron chi connectivity index (χ2n) is 4.79. The van der Waals surface area contributed by atoms with Gasteiger partial charge in [0.15, 0.2) is 0 Å². The van der Waals surface area contributed by atoms with Crippen LogP contribution in [0.2, 0.25) is 0 Å². The smallest absolute Gasteiger partial charge is 0.242 e. The van der Waals surface area contributed by atoms with E-state index in [0.29, 0.717) is 6.73 Å². The van der Waals surface area contributed by atoms with Gasteiger partial charge in [0, 0.05) is 13.7 Å². The van der Waals surface area contributed by atoms with Gasteiger partial charge < -0.3 is 10.1 Å². The van der Waals surface area contributed by atoms with Crippen molar-refractivity contribution < 1.29 is 9.53 Å². The normalized spacial score (nSPS) is 35.5. The zero-order chi connectivity index (χ0) is 10.9. The number of nitrogens with zero attached hydrogens (tertiary/aromatic N) is 1. The molecule has 0 spiro atoms. The SMILES string of the molecule is COCNC(=O)C12CCC(CC1)CN2C. The molecule has 4 heteroatoms. The van der Waals surface area contributed by atoms with Crippen molar-refractivity contribution in [2.24, 2.45) is 5.92 Å². The van der Waals surface area contributed by atoms with Crippen molar-refractivity contribution in [1.29, 1.82) is 0 Å². The minimum absolute atomic E-state index is 0.144. The Morgan fingerprint density at radius 1 is 1.53 bits per heavy atom. The van der Waals surface area contributed by atoms with Gasteiger partial charge in [-0.05, 0) is 38.6 Å². The first kappa shape index (κ1) is 10.9. The van der Waals surface area contributed by atoms with E-state index in [1.165, 1.54) is 12.8 Å². The van der Waals surface area contributed by atoms with Gasteiger partial charge in [0.05, 0.1) is 0 Å². The Morgan fingerprint density at radius 2 is 2.20 bits per heavy atom. The number of hydrogen-bond acceptors (Lipinski definition) is 3. The monoisotopic (exact) mass is 212 g/mol. The molecule has 1 saturated carbocycles. The van der Waals surface area contributed by atoms with E-state index in [1.807, 2.05) is 0 Å². The first-order valence-electron chi connectivity index (χ1n) is 5.67. The summed E-state index contributed by atoms with van der Waals surface area (Å²) < 4.78 is 4.89. The van der Waals surface area contributed by atoms with Crippen molar-refractivity contribution in [2.45, 2.75) is 31.2 Å². The Hall–Kier alpha value is -0.610. The molecule has 0 aromatic heterocycles. The molecule has 1 N–H and O–H groups in total. The number of amides is 1. The molecule has 3 fully saturated rings. The minimum atomic E-state index is -0.243. The van der Waals surface area contributed by atoms with E-state index in [1.54, 1.807) is 7.11 Å². The van der Waals surface area contributed by atoms with Gasteiger partial charge in [-0.3, -0.25) is 9.69 Å². The van der Waals surface area contributed by atoms with E-state index in [9.17, 15) is 4.79 Å². The molecule has 2 aliphatic heterocycles. The number of piperidine rings is 2. The van der Waals surface area contributed by atoms with Gasteiger partial charge in [-0.25, -0.2) is 0 Å². The van der Waals surface area contributed by atoms with Crippen molar-refractivity contribution in [1.82, 2.24) is 10.2 Å². The van der Waals surface area contributed by atoms with Crippen LogP contribution in [0.3, 0.4) is 0 Å². The average Bonchev–Trinajstić information content (AvgIpc) is 2.27. The van der Waals surface area contributed by atoms with E-state index in [0.717, 1.165) is 25.3 Å². The second kappa shape index (κ2) is 4.10. The fourth-order valence-corrected chi connectivity index (χ4v) is 2.98. The Kier molecular flexibility index (Phi) is 2.98. The highest BCUT2D eigenvalue weighted by Crippen LogP contribution is 2.42. The van der Waals surface area contributed by atoms with Crippen molar-refractivity contribution in [3.63, 3.8) is 0 Å². The summed E-state index contributed by atoms with van der Waals surface area (Å²) in [6.45, 7) is 1.39. The Labute approximate surface area is 91.0 Å². The molecule has 3 rings (SSSR count). The average molecular weight is 212 g/mol. The third-order valence-corrected chi connectivity index (χ3v) is 3.99. The summed E-state index contributed by atoms with van der Waals surface area (Å²) in [6, 6.07) is 0. The van der Waals surface area contributed by atoms with Gasteiger partial charge >= 0.3 is 0 Å². The highest BCUT2D eigenvalue weighted by atomic mass is 16.5. The number of rotatable bonds is 3. The molecule has 0 aromatic rings. The highest BCUT2D eigenvalue weighted by Gasteiger charge is 2.49. The first-order valence-corrected chi connectivity index (χ1v) is 5.67. The molecule has 86 valence electrons. The summed E-state index contributed by atoms with van der Waals surface area (Å²) in [5, 5.41) is 2.85. The number of hydrogen-bond donors (Lipinski definition) is 1. The number of ether oxygens (including phenoxy) is 1. The Balaban J connectivity index is 2.06. The number of fused-ring (bicyclic) bond motifs is 3. The third-order valence-electron chi connectivity index (χ3n) is 3.99. The zero-order valence-electron chi connectivity index (χ0n) is 9.58. The van der Waals surface area contributed by atoms with Crippen molar-refractivity contribution in [3.05, 3.63) is 0 Å². The van der Waals surface area contributed by atoms with Crippen molar-refractivity contribution >= 4 is 5.91 Å². The molecule has 1 amide bonds. The molecule has 0 unspecified atom stereocenters. The van der Waals surface area contributed by atoms with E-state index < -0.39 is 0 Å². The summed E-state index contributed by atoms with van der Waals surface area (Å²) in [7, 11) is 3.66. The molecule has 1 aliphatic carbocycles. The molecule has 0 aromatic carbocycles. The number of methoxy groups -OCH3 is 1. The molecule has 0 radical (unpaired) electrons. The van der Waals surface area contributed by atoms with E-state index >= 15 is 0 Å². The maximum absolute atomic E-state index is 12.1. The molecule has 15 heavy (non-hydrogen) atoms. The molecular weight excluding hydrogens is 192 g/mol. The van der Waals surface area contributed by atoms with Crippen LogP contribution in [-0.2, 0) is 9.53 Å². The topological polar surface area (TPSA) is 41.6 Å². The van der Waals surface area contributed by atoms with Crippen LogP contribution in [0.4, 0.5) is 0 Å². The molecule has 0 atom stereocenters. The van der Waals surface area contributed by atoms with Crippen LogP contribution in [-0.4, -0.2) is 43.8 Å².